The highest BCUT2D eigenvalue weighted by atomic mass is 35.5. The molecular weight excluding hydrogens is 268 g/mol. The average molecular weight is 279 g/mol. The van der Waals surface area contributed by atoms with Crippen LogP contribution in [-0.4, -0.2) is 31.6 Å². The fourth-order valence-corrected chi connectivity index (χ4v) is 1.73. The summed E-state index contributed by atoms with van der Waals surface area (Å²) < 4.78 is 24.0. The molecule has 0 aliphatic rings. The fraction of sp³-hybridized carbons (Fsp3) is 0.222. The Balaban J connectivity index is 2.90. The number of aromatic hydroxyl groups is 1. The molecule has 0 spiro atoms. The number of carbonyl (C=O) groups is 1. The standard InChI is InChI=1S/C9H11ClN2O4S/c1-17(15,16)12-7-3-2-6(4-8(7)13)11-9(14)5-10/h2-4,12-13H,5H2,1H3,(H,11,14). The summed E-state index contributed by atoms with van der Waals surface area (Å²) in [4.78, 5) is 11.0. The maximum Gasteiger partial charge on any atom is 0.239 e. The Hall–Kier alpha value is -1.47. The summed E-state index contributed by atoms with van der Waals surface area (Å²) >= 11 is 5.29. The lowest BCUT2D eigenvalue weighted by Gasteiger charge is -2.08. The van der Waals surface area contributed by atoms with E-state index in [-0.39, 0.29) is 17.3 Å². The molecule has 0 aromatic heterocycles. The molecule has 1 amide bonds. The van der Waals surface area contributed by atoms with Crippen LogP contribution in [0.4, 0.5) is 11.4 Å². The number of sulfonamides is 1. The highest BCUT2D eigenvalue weighted by Gasteiger charge is 2.08. The van der Waals surface area contributed by atoms with Crippen LogP contribution in [0.1, 0.15) is 0 Å². The molecule has 0 saturated heterocycles. The molecule has 0 radical (unpaired) electrons. The third kappa shape index (κ3) is 4.49. The van der Waals surface area contributed by atoms with Gasteiger partial charge in [0.2, 0.25) is 15.9 Å². The summed E-state index contributed by atoms with van der Waals surface area (Å²) in [6.45, 7) is 0. The van der Waals surface area contributed by atoms with E-state index < -0.39 is 15.9 Å². The smallest absolute Gasteiger partial charge is 0.239 e. The molecule has 0 aliphatic heterocycles. The number of anilines is 2. The van der Waals surface area contributed by atoms with Gasteiger partial charge in [0.25, 0.3) is 0 Å². The van der Waals surface area contributed by atoms with E-state index in [9.17, 15) is 18.3 Å². The number of benzene rings is 1. The molecule has 1 aromatic carbocycles. The van der Waals surface area contributed by atoms with Crippen molar-refractivity contribution in [1.82, 2.24) is 0 Å². The van der Waals surface area contributed by atoms with Crippen molar-refractivity contribution in [3.05, 3.63) is 18.2 Å². The Morgan fingerprint density at radius 3 is 2.59 bits per heavy atom. The fourth-order valence-electron chi connectivity index (χ4n) is 1.09. The molecule has 1 rings (SSSR count). The Morgan fingerprint density at radius 2 is 2.12 bits per heavy atom. The number of phenolic OH excluding ortho intramolecular Hbond substituents is 1. The molecule has 94 valence electrons. The van der Waals surface area contributed by atoms with Gasteiger partial charge in [-0.25, -0.2) is 8.42 Å². The summed E-state index contributed by atoms with van der Waals surface area (Å²) in [5, 5.41) is 11.9. The lowest BCUT2D eigenvalue weighted by Crippen LogP contribution is -2.13. The molecule has 3 N–H and O–H groups in total. The van der Waals surface area contributed by atoms with E-state index in [0.717, 1.165) is 6.26 Å². The van der Waals surface area contributed by atoms with E-state index in [1.54, 1.807) is 0 Å². The molecule has 0 heterocycles. The lowest BCUT2D eigenvalue weighted by atomic mass is 10.2. The highest BCUT2D eigenvalue weighted by Crippen LogP contribution is 2.27. The first-order valence-electron chi connectivity index (χ1n) is 4.48. The van der Waals surface area contributed by atoms with Crippen LogP contribution in [0, 0.1) is 0 Å². The van der Waals surface area contributed by atoms with Crippen molar-refractivity contribution in [2.45, 2.75) is 0 Å². The molecule has 0 saturated carbocycles. The third-order valence-corrected chi connectivity index (χ3v) is 2.53. The Morgan fingerprint density at radius 1 is 1.47 bits per heavy atom. The largest absolute Gasteiger partial charge is 0.506 e. The number of rotatable bonds is 4. The molecule has 0 unspecified atom stereocenters. The second-order valence-corrected chi connectivity index (χ2v) is 5.30. The van der Waals surface area contributed by atoms with E-state index in [0.29, 0.717) is 5.69 Å². The van der Waals surface area contributed by atoms with E-state index in [2.05, 4.69) is 10.0 Å². The van der Waals surface area contributed by atoms with Crippen molar-refractivity contribution in [2.24, 2.45) is 0 Å². The van der Waals surface area contributed by atoms with Gasteiger partial charge in [0, 0.05) is 11.8 Å². The molecular formula is C9H11ClN2O4S. The van der Waals surface area contributed by atoms with Gasteiger partial charge in [-0.15, -0.1) is 11.6 Å². The minimum Gasteiger partial charge on any atom is -0.506 e. The topological polar surface area (TPSA) is 95.5 Å². The van der Waals surface area contributed by atoms with Crippen LogP contribution in [0.25, 0.3) is 0 Å². The second kappa shape index (κ2) is 5.24. The maximum absolute atomic E-state index is 11.0. The molecule has 0 atom stereocenters. The van der Waals surface area contributed by atoms with Crippen LogP contribution >= 0.6 is 11.6 Å². The van der Waals surface area contributed by atoms with Gasteiger partial charge >= 0.3 is 0 Å². The summed E-state index contributed by atoms with van der Waals surface area (Å²) in [6.07, 6.45) is 0.968. The number of nitrogens with one attached hydrogen (secondary N) is 2. The van der Waals surface area contributed by atoms with Crippen molar-refractivity contribution >= 4 is 38.9 Å². The minimum absolute atomic E-state index is 0.0383. The Kier molecular flexibility index (Phi) is 4.19. The average Bonchev–Trinajstić information content (AvgIpc) is 2.20. The molecule has 17 heavy (non-hydrogen) atoms. The van der Waals surface area contributed by atoms with E-state index >= 15 is 0 Å². The number of phenols is 1. The zero-order valence-electron chi connectivity index (χ0n) is 8.90. The van der Waals surface area contributed by atoms with Gasteiger partial charge < -0.3 is 10.4 Å². The summed E-state index contributed by atoms with van der Waals surface area (Å²) in [6, 6.07) is 4.00. The van der Waals surface area contributed by atoms with Crippen molar-refractivity contribution in [1.29, 1.82) is 0 Å². The molecule has 8 heteroatoms. The Labute approximate surface area is 104 Å². The van der Waals surface area contributed by atoms with Gasteiger partial charge in [0.15, 0.2) is 0 Å². The predicted molar refractivity (Wildman–Crippen MR) is 65.9 cm³/mol. The van der Waals surface area contributed by atoms with Gasteiger partial charge in [-0.3, -0.25) is 9.52 Å². The predicted octanol–water partition coefficient (Wildman–Crippen LogP) is 0.941. The van der Waals surface area contributed by atoms with Crippen molar-refractivity contribution in [2.75, 3.05) is 22.2 Å². The van der Waals surface area contributed by atoms with Crippen molar-refractivity contribution < 1.29 is 18.3 Å². The number of hydrogen-bond donors (Lipinski definition) is 3. The molecule has 1 aromatic rings. The zero-order valence-corrected chi connectivity index (χ0v) is 10.5. The van der Waals surface area contributed by atoms with E-state index in [4.69, 9.17) is 11.6 Å². The van der Waals surface area contributed by atoms with Crippen LogP contribution in [0.5, 0.6) is 5.75 Å². The van der Waals surface area contributed by atoms with Gasteiger partial charge in [0.1, 0.15) is 11.6 Å². The maximum atomic E-state index is 11.0. The van der Waals surface area contributed by atoms with E-state index in [1.807, 2.05) is 0 Å². The van der Waals surface area contributed by atoms with Crippen LogP contribution in [0.3, 0.4) is 0 Å². The van der Waals surface area contributed by atoms with Crippen LogP contribution < -0.4 is 10.0 Å². The Bertz CT molecular complexity index is 530. The van der Waals surface area contributed by atoms with Crippen molar-refractivity contribution in [3.8, 4) is 5.75 Å². The summed E-state index contributed by atoms with van der Waals surface area (Å²) in [5.74, 6) is -0.915. The summed E-state index contributed by atoms with van der Waals surface area (Å²) in [5.41, 5.74) is 0.364. The molecule has 0 fully saturated rings. The highest BCUT2D eigenvalue weighted by molar-refractivity contribution is 7.92. The number of alkyl halides is 1. The van der Waals surface area contributed by atoms with Crippen LogP contribution in [0.15, 0.2) is 18.2 Å². The second-order valence-electron chi connectivity index (χ2n) is 3.29. The SMILES string of the molecule is CS(=O)(=O)Nc1ccc(NC(=O)CCl)cc1O. The van der Waals surface area contributed by atoms with E-state index in [1.165, 1.54) is 18.2 Å². The molecule has 0 bridgehead atoms. The quantitative estimate of drug-likeness (QED) is 0.564. The van der Waals surface area contributed by atoms with Gasteiger partial charge in [-0.2, -0.15) is 0 Å². The van der Waals surface area contributed by atoms with Gasteiger partial charge in [0.05, 0.1) is 11.9 Å². The zero-order chi connectivity index (χ0) is 13.1. The molecule has 6 nitrogen and oxygen atoms in total. The normalized spacial score (nSPS) is 10.9. The number of halogens is 1. The lowest BCUT2D eigenvalue weighted by molar-refractivity contribution is -0.113. The number of hydrogen-bond acceptors (Lipinski definition) is 4. The van der Waals surface area contributed by atoms with Crippen LogP contribution in [0.2, 0.25) is 0 Å². The third-order valence-electron chi connectivity index (χ3n) is 1.70. The first kappa shape index (κ1) is 13.6. The minimum atomic E-state index is -3.46. The van der Waals surface area contributed by atoms with Gasteiger partial charge in [-0.1, -0.05) is 0 Å². The molecule has 0 aliphatic carbocycles. The number of amides is 1. The summed E-state index contributed by atoms with van der Waals surface area (Å²) in [7, 11) is -3.46. The number of carbonyl (C=O) groups excluding carboxylic acids is 1. The van der Waals surface area contributed by atoms with Gasteiger partial charge in [-0.05, 0) is 12.1 Å². The first-order chi connectivity index (χ1) is 7.81. The van der Waals surface area contributed by atoms with Crippen molar-refractivity contribution in [3.63, 3.8) is 0 Å². The van der Waals surface area contributed by atoms with Crippen LogP contribution in [-0.2, 0) is 14.8 Å². The first-order valence-corrected chi connectivity index (χ1v) is 6.91. The monoisotopic (exact) mass is 278 g/mol.